The average molecular weight is 393 g/mol. The number of hydrogen-bond donors (Lipinski definition) is 2. The number of rotatable bonds is 4. The Morgan fingerprint density at radius 2 is 1.90 bits per heavy atom. The molecule has 1 amide bonds. The topological polar surface area (TPSA) is 123 Å². The minimum Gasteiger partial charge on any atom is -0.507 e. The second-order valence-electron chi connectivity index (χ2n) is 6.30. The van der Waals surface area contributed by atoms with Crippen LogP contribution in [0.5, 0.6) is 17.2 Å². The number of amides is 1. The molecule has 3 aromatic rings. The molecule has 1 aliphatic heterocycles. The molecule has 2 N–H and O–H groups in total. The van der Waals surface area contributed by atoms with Crippen LogP contribution < -0.4 is 14.9 Å². The van der Waals surface area contributed by atoms with Crippen molar-refractivity contribution < 1.29 is 24.3 Å². The first kappa shape index (κ1) is 18.2. The number of non-ortho nitro benzene ring substituents is 1. The Morgan fingerprint density at radius 1 is 1.17 bits per heavy atom. The molecule has 146 valence electrons. The quantitative estimate of drug-likeness (QED) is 0.399. The zero-order valence-corrected chi connectivity index (χ0v) is 14.9. The highest BCUT2D eigenvalue weighted by Gasteiger charge is 2.27. The molecule has 3 aromatic carbocycles. The summed E-state index contributed by atoms with van der Waals surface area (Å²) >= 11 is 0. The van der Waals surface area contributed by atoms with Crippen LogP contribution in [-0.4, -0.2) is 34.9 Å². The monoisotopic (exact) mass is 393 g/mol. The third kappa shape index (κ3) is 3.79. The van der Waals surface area contributed by atoms with Gasteiger partial charge in [-0.25, -0.2) is 5.43 Å². The fourth-order valence-corrected chi connectivity index (χ4v) is 2.88. The van der Waals surface area contributed by atoms with E-state index in [2.05, 4.69) is 10.5 Å². The van der Waals surface area contributed by atoms with Crippen molar-refractivity contribution in [1.29, 1.82) is 0 Å². The molecule has 0 radical (unpaired) electrons. The molecule has 0 aliphatic carbocycles. The molecule has 0 saturated heterocycles. The Bertz CT molecular complexity index is 1140. The zero-order chi connectivity index (χ0) is 20.4. The first-order chi connectivity index (χ1) is 14.0. The van der Waals surface area contributed by atoms with Gasteiger partial charge in [0.05, 0.1) is 11.1 Å². The standard InChI is InChI=1S/C20H15N3O6/c24-16-6-5-15(23(26)27)7-14(16)10-21-22-20(25)19-11-28-17-8-12-3-1-2-4-13(12)9-18(17)29-19/h1-10,19,24H,11H2,(H,22,25)/b21-10+/t19-/m0/s1. The fourth-order valence-electron chi connectivity index (χ4n) is 2.88. The molecule has 29 heavy (non-hydrogen) atoms. The van der Waals surface area contributed by atoms with Gasteiger partial charge in [-0.1, -0.05) is 24.3 Å². The summed E-state index contributed by atoms with van der Waals surface area (Å²) < 4.78 is 11.4. The van der Waals surface area contributed by atoms with Crippen molar-refractivity contribution in [2.24, 2.45) is 5.10 Å². The van der Waals surface area contributed by atoms with Crippen LogP contribution in [0.4, 0.5) is 5.69 Å². The van der Waals surface area contributed by atoms with Crippen molar-refractivity contribution in [1.82, 2.24) is 5.43 Å². The van der Waals surface area contributed by atoms with Crippen molar-refractivity contribution in [2.75, 3.05) is 6.61 Å². The van der Waals surface area contributed by atoms with E-state index in [0.29, 0.717) is 11.5 Å². The Balaban J connectivity index is 1.45. The van der Waals surface area contributed by atoms with Crippen molar-refractivity contribution in [2.45, 2.75) is 6.10 Å². The van der Waals surface area contributed by atoms with Crippen LogP contribution in [0, 0.1) is 10.1 Å². The van der Waals surface area contributed by atoms with Crippen LogP contribution in [0.3, 0.4) is 0 Å². The first-order valence-electron chi connectivity index (χ1n) is 8.64. The van der Waals surface area contributed by atoms with E-state index in [1.165, 1.54) is 12.1 Å². The van der Waals surface area contributed by atoms with E-state index in [4.69, 9.17) is 9.47 Å². The number of phenols is 1. The van der Waals surface area contributed by atoms with Gasteiger partial charge < -0.3 is 14.6 Å². The highest BCUT2D eigenvalue weighted by atomic mass is 16.6. The molecule has 1 heterocycles. The molecule has 9 nitrogen and oxygen atoms in total. The smallest absolute Gasteiger partial charge is 0.284 e. The number of nitrogens with one attached hydrogen (secondary N) is 1. The van der Waals surface area contributed by atoms with Crippen LogP contribution in [0.15, 0.2) is 59.7 Å². The Labute approximate surface area is 164 Å². The lowest BCUT2D eigenvalue weighted by atomic mass is 10.1. The van der Waals surface area contributed by atoms with Crippen molar-refractivity contribution in [3.63, 3.8) is 0 Å². The predicted molar refractivity (Wildman–Crippen MR) is 104 cm³/mol. The SMILES string of the molecule is O=C(N/N=C/c1cc([N+](=O)[O-])ccc1O)[C@@H]1COc2cc3ccccc3cc2O1. The van der Waals surface area contributed by atoms with Gasteiger partial charge in [0.15, 0.2) is 11.5 Å². The minimum absolute atomic E-state index is 0.00868. The number of ether oxygens (including phenoxy) is 2. The first-order valence-corrected chi connectivity index (χ1v) is 8.64. The third-order valence-corrected chi connectivity index (χ3v) is 4.36. The summed E-state index contributed by atoms with van der Waals surface area (Å²) in [5.74, 6) is 0.254. The fraction of sp³-hybridized carbons (Fsp3) is 0.100. The number of fused-ring (bicyclic) bond motifs is 2. The van der Waals surface area contributed by atoms with Crippen LogP contribution in [-0.2, 0) is 4.79 Å². The molecule has 1 aliphatic rings. The second-order valence-corrected chi connectivity index (χ2v) is 6.30. The van der Waals surface area contributed by atoms with Crippen molar-refractivity contribution >= 4 is 28.6 Å². The Hall–Kier alpha value is -4.14. The predicted octanol–water partition coefficient (Wildman–Crippen LogP) is 2.74. The van der Waals surface area contributed by atoms with Gasteiger partial charge in [-0.2, -0.15) is 5.10 Å². The summed E-state index contributed by atoms with van der Waals surface area (Å²) in [6.45, 7) is 0.00868. The molecule has 0 spiro atoms. The highest BCUT2D eigenvalue weighted by Crippen LogP contribution is 2.35. The lowest BCUT2D eigenvalue weighted by Gasteiger charge is -2.25. The minimum atomic E-state index is -0.917. The van der Waals surface area contributed by atoms with E-state index in [9.17, 15) is 20.0 Å². The second kappa shape index (κ2) is 7.47. The van der Waals surface area contributed by atoms with Gasteiger partial charge in [-0.3, -0.25) is 14.9 Å². The lowest BCUT2D eigenvalue weighted by Crippen LogP contribution is -2.42. The van der Waals surface area contributed by atoms with Crippen LogP contribution in [0.25, 0.3) is 10.8 Å². The third-order valence-electron chi connectivity index (χ3n) is 4.36. The summed E-state index contributed by atoms with van der Waals surface area (Å²) in [5, 5.41) is 26.3. The summed E-state index contributed by atoms with van der Waals surface area (Å²) in [7, 11) is 0. The molecule has 0 bridgehead atoms. The van der Waals surface area contributed by atoms with E-state index in [-0.39, 0.29) is 23.6 Å². The summed E-state index contributed by atoms with van der Waals surface area (Å²) in [5.41, 5.74) is 2.18. The zero-order valence-electron chi connectivity index (χ0n) is 14.9. The van der Waals surface area contributed by atoms with Crippen LogP contribution in [0.1, 0.15) is 5.56 Å². The number of carbonyl (C=O) groups excluding carboxylic acids is 1. The van der Waals surface area contributed by atoms with Gasteiger partial charge in [0.1, 0.15) is 12.4 Å². The van der Waals surface area contributed by atoms with Gasteiger partial charge >= 0.3 is 0 Å². The lowest BCUT2D eigenvalue weighted by molar-refractivity contribution is -0.384. The number of aromatic hydroxyl groups is 1. The number of carbonyl (C=O) groups is 1. The van der Waals surface area contributed by atoms with Crippen LogP contribution in [0.2, 0.25) is 0 Å². The number of nitro benzene ring substituents is 1. The molecule has 0 fully saturated rings. The molecule has 9 heteroatoms. The molecule has 0 saturated carbocycles. The van der Waals surface area contributed by atoms with E-state index >= 15 is 0 Å². The number of nitrogens with zero attached hydrogens (tertiary/aromatic N) is 2. The van der Waals surface area contributed by atoms with E-state index in [1.54, 1.807) is 6.07 Å². The van der Waals surface area contributed by atoms with Gasteiger partial charge in [-0.15, -0.1) is 0 Å². The number of benzene rings is 3. The average Bonchev–Trinajstić information content (AvgIpc) is 2.72. The Morgan fingerprint density at radius 3 is 2.62 bits per heavy atom. The molecule has 0 unspecified atom stereocenters. The van der Waals surface area contributed by atoms with Gasteiger partial charge in [-0.05, 0) is 29.0 Å². The van der Waals surface area contributed by atoms with Gasteiger partial charge in [0.2, 0.25) is 6.10 Å². The summed E-state index contributed by atoms with van der Waals surface area (Å²) in [4.78, 5) is 22.5. The van der Waals surface area contributed by atoms with Crippen molar-refractivity contribution in [3.8, 4) is 17.2 Å². The number of hydrogen-bond acceptors (Lipinski definition) is 7. The molecular weight excluding hydrogens is 378 g/mol. The molecule has 4 rings (SSSR count). The van der Waals surface area contributed by atoms with E-state index in [0.717, 1.165) is 23.1 Å². The molecule has 0 aromatic heterocycles. The maximum absolute atomic E-state index is 12.3. The van der Waals surface area contributed by atoms with Gasteiger partial charge in [0.25, 0.3) is 11.6 Å². The normalized spacial score (nSPS) is 15.4. The summed E-state index contributed by atoms with van der Waals surface area (Å²) in [6, 6.07) is 14.9. The number of nitro groups is 1. The van der Waals surface area contributed by atoms with Gasteiger partial charge in [0, 0.05) is 17.7 Å². The summed E-state index contributed by atoms with van der Waals surface area (Å²) in [6.07, 6.45) is 0.199. The maximum atomic E-state index is 12.3. The van der Waals surface area contributed by atoms with E-state index in [1.807, 2.05) is 30.3 Å². The highest BCUT2D eigenvalue weighted by molar-refractivity contribution is 5.88. The van der Waals surface area contributed by atoms with Crippen LogP contribution >= 0.6 is 0 Å². The number of hydrazone groups is 1. The van der Waals surface area contributed by atoms with Crippen molar-refractivity contribution in [3.05, 3.63) is 70.3 Å². The largest absolute Gasteiger partial charge is 0.507 e. The Kier molecular flexibility index (Phi) is 4.70. The molecular formula is C20H15N3O6. The maximum Gasteiger partial charge on any atom is 0.284 e. The number of phenolic OH excluding ortho intramolecular Hbond substituents is 1. The molecule has 1 atom stereocenters. The van der Waals surface area contributed by atoms with E-state index < -0.39 is 16.9 Å².